The maximum absolute atomic E-state index is 14.0. The van der Waals surface area contributed by atoms with Gasteiger partial charge >= 0.3 is 5.69 Å². The third-order valence-electron chi connectivity index (χ3n) is 4.48. The van der Waals surface area contributed by atoms with E-state index < -0.39 is 69.7 Å². The van der Waals surface area contributed by atoms with E-state index in [2.05, 4.69) is 0 Å². The van der Waals surface area contributed by atoms with Crippen molar-refractivity contribution in [1.82, 2.24) is 9.55 Å². The highest BCUT2D eigenvalue weighted by molar-refractivity contribution is 5.96. The summed E-state index contributed by atoms with van der Waals surface area (Å²) < 4.78 is 74.2. The molecule has 8 nitrogen and oxygen atoms in total. The number of carbonyl (C=O) groups is 1. The number of methoxy groups -OCH3 is 1. The van der Waals surface area contributed by atoms with Crippen molar-refractivity contribution in [2.45, 2.75) is 26.8 Å². The van der Waals surface area contributed by atoms with Gasteiger partial charge in [-0.15, -0.1) is 0 Å². The minimum atomic E-state index is -2.37. The SMILES string of the molecule is COCCN(C(=O)Cc1c(F)c(F)c(F)c(F)c1F)c1c(N)n(CC(C)C)c(=O)[nH]c1=O. The lowest BCUT2D eigenvalue weighted by Gasteiger charge is -2.25. The lowest BCUT2D eigenvalue weighted by atomic mass is 10.1. The largest absolute Gasteiger partial charge is 0.383 e. The zero-order valence-electron chi connectivity index (χ0n) is 17.4. The van der Waals surface area contributed by atoms with Crippen LogP contribution in [0.15, 0.2) is 9.59 Å². The van der Waals surface area contributed by atoms with Crippen LogP contribution in [0.5, 0.6) is 0 Å². The Morgan fingerprint density at radius 2 is 1.59 bits per heavy atom. The van der Waals surface area contributed by atoms with E-state index in [0.29, 0.717) is 4.90 Å². The molecule has 0 saturated heterocycles. The van der Waals surface area contributed by atoms with Crippen LogP contribution in [0.1, 0.15) is 19.4 Å². The van der Waals surface area contributed by atoms with Crippen molar-refractivity contribution >= 4 is 17.4 Å². The summed E-state index contributed by atoms with van der Waals surface area (Å²) in [5.41, 5.74) is 2.14. The molecule has 2 aromatic rings. The van der Waals surface area contributed by atoms with Gasteiger partial charge in [-0.05, 0) is 5.92 Å². The fourth-order valence-corrected chi connectivity index (χ4v) is 2.98. The molecule has 0 spiro atoms. The number of H-pyrrole nitrogens is 1. The number of carbonyl (C=O) groups excluding carboxylic acids is 1. The average Bonchev–Trinajstić information content (AvgIpc) is 2.73. The van der Waals surface area contributed by atoms with E-state index in [4.69, 9.17) is 10.5 Å². The van der Waals surface area contributed by atoms with Crippen LogP contribution in [0.25, 0.3) is 0 Å². The Kier molecular flexibility index (Phi) is 7.78. The fraction of sp³-hybridized carbons (Fsp3) is 0.421. The highest BCUT2D eigenvalue weighted by Gasteiger charge is 2.30. The highest BCUT2D eigenvalue weighted by Crippen LogP contribution is 2.25. The zero-order chi connectivity index (χ0) is 24.3. The molecule has 176 valence electrons. The molecular weight excluding hydrogens is 443 g/mol. The number of amides is 1. The molecule has 1 aromatic heterocycles. The molecule has 0 saturated carbocycles. The fourth-order valence-electron chi connectivity index (χ4n) is 2.98. The van der Waals surface area contributed by atoms with E-state index in [-0.39, 0.29) is 25.6 Å². The number of nitrogens with two attached hydrogens (primary N) is 1. The maximum Gasteiger partial charge on any atom is 0.330 e. The van der Waals surface area contributed by atoms with Gasteiger partial charge in [-0.1, -0.05) is 13.8 Å². The summed E-state index contributed by atoms with van der Waals surface area (Å²) in [7, 11) is 1.26. The second kappa shape index (κ2) is 9.94. The van der Waals surface area contributed by atoms with Gasteiger partial charge < -0.3 is 15.4 Å². The average molecular weight is 464 g/mol. The molecule has 0 fully saturated rings. The zero-order valence-corrected chi connectivity index (χ0v) is 17.4. The number of benzene rings is 1. The number of hydrogen-bond donors (Lipinski definition) is 2. The summed E-state index contributed by atoms with van der Waals surface area (Å²) in [6.07, 6.45) is -1.28. The van der Waals surface area contributed by atoms with Gasteiger partial charge in [-0.2, -0.15) is 0 Å². The minimum Gasteiger partial charge on any atom is -0.383 e. The van der Waals surface area contributed by atoms with Crippen LogP contribution >= 0.6 is 0 Å². The molecule has 0 atom stereocenters. The van der Waals surface area contributed by atoms with E-state index in [1.54, 1.807) is 13.8 Å². The van der Waals surface area contributed by atoms with Crippen LogP contribution in [-0.4, -0.2) is 35.7 Å². The number of halogens is 5. The Labute approximate surface area is 178 Å². The van der Waals surface area contributed by atoms with Crippen molar-refractivity contribution in [2.75, 3.05) is 30.9 Å². The predicted molar refractivity (Wildman–Crippen MR) is 105 cm³/mol. The Balaban J connectivity index is 2.61. The van der Waals surface area contributed by atoms with Gasteiger partial charge in [0.15, 0.2) is 29.0 Å². The number of hydrogen-bond acceptors (Lipinski definition) is 5. The molecule has 2 rings (SSSR count). The smallest absolute Gasteiger partial charge is 0.330 e. The number of nitrogens with zero attached hydrogens (tertiary/aromatic N) is 2. The Morgan fingerprint density at radius 3 is 2.09 bits per heavy atom. The predicted octanol–water partition coefficient (Wildman–Crippen LogP) is 1.69. The molecule has 0 bridgehead atoms. The van der Waals surface area contributed by atoms with E-state index in [9.17, 15) is 36.3 Å². The first kappa shape index (κ1) is 25.0. The van der Waals surface area contributed by atoms with Gasteiger partial charge in [0, 0.05) is 25.8 Å². The molecule has 0 aliphatic carbocycles. The van der Waals surface area contributed by atoms with Crippen molar-refractivity contribution in [2.24, 2.45) is 5.92 Å². The second-order valence-electron chi connectivity index (χ2n) is 7.26. The topological polar surface area (TPSA) is 110 Å². The molecule has 3 N–H and O–H groups in total. The molecule has 1 amide bonds. The number of nitrogen functional groups attached to an aromatic ring is 1. The Bertz CT molecular complexity index is 1120. The van der Waals surface area contributed by atoms with Gasteiger partial charge in [0.25, 0.3) is 5.56 Å². The Hall–Kier alpha value is -3.22. The third kappa shape index (κ3) is 4.82. The van der Waals surface area contributed by atoms with Crippen LogP contribution in [0.3, 0.4) is 0 Å². The highest BCUT2D eigenvalue weighted by atomic mass is 19.2. The first-order valence-corrected chi connectivity index (χ1v) is 9.34. The summed E-state index contributed by atoms with van der Waals surface area (Å²) in [6.45, 7) is 3.04. The molecule has 1 aromatic carbocycles. The van der Waals surface area contributed by atoms with Crippen molar-refractivity contribution < 1.29 is 31.5 Å². The molecule has 0 aliphatic heterocycles. The van der Waals surface area contributed by atoms with Crippen LogP contribution in [0, 0.1) is 35.0 Å². The summed E-state index contributed by atoms with van der Waals surface area (Å²) in [6, 6.07) is 0. The van der Waals surface area contributed by atoms with E-state index in [1.807, 2.05) is 4.98 Å². The minimum absolute atomic E-state index is 0.0679. The van der Waals surface area contributed by atoms with Crippen LogP contribution in [0.2, 0.25) is 0 Å². The third-order valence-corrected chi connectivity index (χ3v) is 4.48. The van der Waals surface area contributed by atoms with Crippen molar-refractivity contribution in [3.8, 4) is 0 Å². The van der Waals surface area contributed by atoms with Gasteiger partial charge in [0.1, 0.15) is 5.82 Å². The molecule has 32 heavy (non-hydrogen) atoms. The second-order valence-corrected chi connectivity index (χ2v) is 7.26. The molecule has 13 heteroatoms. The number of nitrogens with one attached hydrogen (secondary N) is 1. The van der Waals surface area contributed by atoms with E-state index >= 15 is 0 Å². The summed E-state index contributed by atoms with van der Waals surface area (Å²) in [5, 5.41) is 0. The lowest BCUT2D eigenvalue weighted by molar-refractivity contribution is -0.118. The summed E-state index contributed by atoms with van der Waals surface area (Å²) in [4.78, 5) is 40.1. The number of anilines is 2. The number of ether oxygens (including phenoxy) is 1. The van der Waals surface area contributed by atoms with Gasteiger partial charge in [-0.25, -0.2) is 26.7 Å². The quantitative estimate of drug-likeness (QED) is 0.351. The maximum atomic E-state index is 14.0. The van der Waals surface area contributed by atoms with E-state index in [0.717, 1.165) is 4.57 Å². The normalized spacial score (nSPS) is 11.3. The van der Waals surface area contributed by atoms with Crippen LogP contribution in [0.4, 0.5) is 33.5 Å². The van der Waals surface area contributed by atoms with Crippen molar-refractivity contribution in [1.29, 1.82) is 0 Å². The number of aromatic amines is 1. The van der Waals surface area contributed by atoms with Crippen molar-refractivity contribution in [3.05, 3.63) is 55.5 Å². The molecule has 0 radical (unpaired) electrons. The molecule has 1 heterocycles. The van der Waals surface area contributed by atoms with Crippen molar-refractivity contribution in [3.63, 3.8) is 0 Å². The first-order chi connectivity index (χ1) is 14.9. The van der Waals surface area contributed by atoms with Gasteiger partial charge in [0.2, 0.25) is 11.7 Å². The summed E-state index contributed by atoms with van der Waals surface area (Å²) in [5.74, 6) is -12.8. The van der Waals surface area contributed by atoms with Gasteiger partial charge in [-0.3, -0.25) is 19.1 Å². The first-order valence-electron chi connectivity index (χ1n) is 9.34. The van der Waals surface area contributed by atoms with Crippen LogP contribution in [-0.2, 0) is 22.5 Å². The van der Waals surface area contributed by atoms with Crippen LogP contribution < -0.4 is 21.9 Å². The molecule has 0 unspecified atom stereocenters. The molecule has 0 aliphatic rings. The van der Waals surface area contributed by atoms with E-state index in [1.165, 1.54) is 7.11 Å². The van der Waals surface area contributed by atoms with Gasteiger partial charge in [0.05, 0.1) is 13.0 Å². The monoisotopic (exact) mass is 464 g/mol. The summed E-state index contributed by atoms with van der Waals surface area (Å²) >= 11 is 0. The standard InChI is InChI=1S/C19H21F5N4O4/c1-8(2)7-28-17(25)16(18(30)26-19(28)31)27(4-5-32-3)10(29)6-9-11(20)13(22)15(24)14(23)12(9)21/h8H,4-7,25H2,1-3H3,(H,26,30,31). The number of aromatic nitrogens is 2. The molecular formula is C19H21F5N4O4. The number of rotatable bonds is 8. The lowest BCUT2D eigenvalue weighted by Crippen LogP contribution is -2.43. The Morgan fingerprint density at radius 1 is 1.06 bits per heavy atom.